The van der Waals surface area contributed by atoms with Gasteiger partial charge in [0.1, 0.15) is 5.82 Å². The molecule has 3 nitrogen and oxygen atoms in total. The smallest absolute Gasteiger partial charge is 0.129 e. The average molecular weight is 275 g/mol. The molecule has 112 valence electrons. The lowest BCUT2D eigenvalue weighted by Crippen LogP contribution is -2.35. The van der Waals surface area contributed by atoms with Gasteiger partial charge in [-0.25, -0.2) is 4.98 Å². The van der Waals surface area contributed by atoms with E-state index < -0.39 is 0 Å². The fourth-order valence-corrected chi connectivity index (χ4v) is 2.97. The molecule has 0 aliphatic heterocycles. The zero-order chi connectivity index (χ0) is 14.5. The van der Waals surface area contributed by atoms with Crippen molar-refractivity contribution in [2.75, 3.05) is 11.4 Å². The Kier molecular flexibility index (Phi) is 5.41. The number of anilines is 1. The first-order valence-electron chi connectivity index (χ1n) is 8.06. The van der Waals surface area contributed by atoms with Gasteiger partial charge in [-0.15, -0.1) is 0 Å². The van der Waals surface area contributed by atoms with Crippen molar-refractivity contribution in [2.24, 2.45) is 11.7 Å². The molecular weight excluding hydrogens is 246 g/mol. The van der Waals surface area contributed by atoms with E-state index in [1.807, 2.05) is 19.2 Å². The van der Waals surface area contributed by atoms with E-state index in [1.54, 1.807) is 0 Å². The molecule has 0 bridgehead atoms. The zero-order valence-electron chi connectivity index (χ0n) is 13.2. The van der Waals surface area contributed by atoms with Gasteiger partial charge in [-0.05, 0) is 49.8 Å². The first kappa shape index (κ1) is 15.3. The third-order valence-electron chi connectivity index (χ3n) is 4.30. The molecule has 2 N–H and O–H groups in total. The molecule has 1 heterocycles. The second kappa shape index (κ2) is 7.07. The molecule has 1 atom stereocenters. The normalized spacial score (nSPS) is 17.6. The molecule has 0 unspecified atom stereocenters. The lowest BCUT2D eigenvalue weighted by atomic mass is 10.1. The van der Waals surface area contributed by atoms with E-state index in [0.717, 1.165) is 18.3 Å². The Morgan fingerprint density at radius 2 is 2.00 bits per heavy atom. The van der Waals surface area contributed by atoms with Crippen LogP contribution in [0.2, 0.25) is 0 Å². The number of nitrogens with two attached hydrogens (primary N) is 1. The van der Waals surface area contributed by atoms with Crippen LogP contribution in [0.3, 0.4) is 0 Å². The lowest BCUT2D eigenvalue weighted by molar-refractivity contribution is 0.524. The monoisotopic (exact) mass is 275 g/mol. The van der Waals surface area contributed by atoms with Crippen LogP contribution in [-0.2, 0) is 0 Å². The van der Waals surface area contributed by atoms with Gasteiger partial charge in [0, 0.05) is 24.8 Å². The molecule has 1 aliphatic carbocycles. The molecule has 20 heavy (non-hydrogen) atoms. The van der Waals surface area contributed by atoms with Gasteiger partial charge in [-0.3, -0.25) is 0 Å². The van der Waals surface area contributed by atoms with Gasteiger partial charge in [0.15, 0.2) is 0 Å². The zero-order valence-corrected chi connectivity index (χ0v) is 13.2. The molecule has 1 fully saturated rings. The topological polar surface area (TPSA) is 42.1 Å². The van der Waals surface area contributed by atoms with Gasteiger partial charge in [0.25, 0.3) is 0 Å². The van der Waals surface area contributed by atoms with Crippen LogP contribution in [0.25, 0.3) is 0 Å². The second-order valence-electron chi connectivity index (χ2n) is 6.55. The van der Waals surface area contributed by atoms with Crippen LogP contribution in [0.4, 0.5) is 5.82 Å². The maximum atomic E-state index is 6.01. The Morgan fingerprint density at radius 1 is 1.30 bits per heavy atom. The molecule has 1 aliphatic rings. The highest BCUT2D eigenvalue weighted by Crippen LogP contribution is 2.28. The van der Waals surface area contributed by atoms with Gasteiger partial charge in [0.2, 0.25) is 0 Å². The lowest BCUT2D eigenvalue weighted by Gasteiger charge is -2.31. The standard InChI is InChI=1S/C17H29N3/c1-13(2)9-11-20(16-6-4-5-7-16)17-12-15(14(3)18)8-10-19-17/h8,10,12-14,16H,4-7,9,11,18H2,1-3H3/t14-/m1/s1. The second-order valence-corrected chi connectivity index (χ2v) is 6.55. The van der Waals surface area contributed by atoms with E-state index in [2.05, 4.69) is 29.8 Å². The highest BCUT2D eigenvalue weighted by atomic mass is 15.2. The first-order chi connectivity index (χ1) is 9.58. The number of aromatic nitrogens is 1. The molecule has 2 rings (SSSR count). The number of hydrogen-bond donors (Lipinski definition) is 1. The SMILES string of the molecule is CC(C)CCN(c1cc([C@@H](C)N)ccn1)C1CCCC1. The van der Waals surface area contributed by atoms with E-state index in [4.69, 9.17) is 5.73 Å². The Morgan fingerprint density at radius 3 is 2.60 bits per heavy atom. The first-order valence-corrected chi connectivity index (χ1v) is 8.06. The van der Waals surface area contributed by atoms with Gasteiger partial charge in [-0.2, -0.15) is 0 Å². The van der Waals surface area contributed by atoms with Crippen LogP contribution >= 0.6 is 0 Å². The van der Waals surface area contributed by atoms with Crippen molar-refractivity contribution in [2.45, 2.75) is 65.0 Å². The predicted octanol–water partition coefficient (Wildman–Crippen LogP) is 3.90. The largest absolute Gasteiger partial charge is 0.354 e. The van der Waals surface area contributed by atoms with Crippen molar-refractivity contribution in [3.8, 4) is 0 Å². The Bertz CT molecular complexity index is 408. The average Bonchev–Trinajstić information content (AvgIpc) is 2.93. The Labute approximate surface area is 123 Å². The van der Waals surface area contributed by atoms with Crippen LogP contribution in [-0.4, -0.2) is 17.6 Å². The van der Waals surface area contributed by atoms with E-state index in [0.29, 0.717) is 6.04 Å². The number of hydrogen-bond acceptors (Lipinski definition) is 3. The molecular formula is C17H29N3. The van der Waals surface area contributed by atoms with Crippen LogP contribution in [0.5, 0.6) is 0 Å². The summed E-state index contributed by atoms with van der Waals surface area (Å²) in [6.07, 6.45) is 8.46. The van der Waals surface area contributed by atoms with Crippen LogP contribution in [0, 0.1) is 5.92 Å². The van der Waals surface area contributed by atoms with Gasteiger partial charge >= 0.3 is 0 Å². The summed E-state index contributed by atoms with van der Waals surface area (Å²) in [5.41, 5.74) is 7.20. The van der Waals surface area contributed by atoms with Crippen molar-refractivity contribution in [3.63, 3.8) is 0 Å². The van der Waals surface area contributed by atoms with Crippen molar-refractivity contribution in [1.82, 2.24) is 4.98 Å². The van der Waals surface area contributed by atoms with Crippen molar-refractivity contribution < 1.29 is 0 Å². The molecule has 1 aromatic heterocycles. The van der Waals surface area contributed by atoms with E-state index in [1.165, 1.54) is 37.7 Å². The minimum atomic E-state index is 0.0762. The molecule has 0 saturated heterocycles. The van der Waals surface area contributed by atoms with Crippen molar-refractivity contribution in [3.05, 3.63) is 23.9 Å². The third-order valence-corrected chi connectivity index (χ3v) is 4.30. The summed E-state index contributed by atoms with van der Waals surface area (Å²) in [5, 5.41) is 0. The fraction of sp³-hybridized carbons (Fsp3) is 0.706. The minimum Gasteiger partial charge on any atom is -0.354 e. The van der Waals surface area contributed by atoms with Crippen LogP contribution in [0.15, 0.2) is 18.3 Å². The highest BCUT2D eigenvalue weighted by Gasteiger charge is 2.24. The summed E-state index contributed by atoms with van der Waals surface area (Å²) < 4.78 is 0. The fourth-order valence-electron chi connectivity index (χ4n) is 2.97. The Balaban J connectivity index is 2.18. The summed E-state index contributed by atoms with van der Waals surface area (Å²) in [5.74, 6) is 1.85. The number of nitrogens with zero attached hydrogens (tertiary/aromatic N) is 2. The van der Waals surface area contributed by atoms with Gasteiger partial charge in [-0.1, -0.05) is 26.7 Å². The third kappa shape index (κ3) is 3.95. The predicted molar refractivity (Wildman–Crippen MR) is 85.9 cm³/mol. The van der Waals surface area contributed by atoms with Crippen molar-refractivity contribution in [1.29, 1.82) is 0 Å². The van der Waals surface area contributed by atoms with Gasteiger partial charge in [0.05, 0.1) is 0 Å². The molecule has 1 saturated carbocycles. The summed E-state index contributed by atoms with van der Waals surface area (Å²) in [6.45, 7) is 7.72. The number of rotatable bonds is 6. The molecule has 0 radical (unpaired) electrons. The van der Waals surface area contributed by atoms with E-state index in [-0.39, 0.29) is 6.04 Å². The van der Waals surface area contributed by atoms with Crippen LogP contribution < -0.4 is 10.6 Å². The molecule has 0 aromatic carbocycles. The summed E-state index contributed by atoms with van der Waals surface area (Å²) >= 11 is 0. The molecule has 0 amide bonds. The molecule has 1 aromatic rings. The summed E-state index contributed by atoms with van der Waals surface area (Å²) in [6, 6.07) is 4.96. The number of pyridine rings is 1. The van der Waals surface area contributed by atoms with Crippen LogP contribution in [0.1, 0.15) is 64.5 Å². The van der Waals surface area contributed by atoms with Gasteiger partial charge < -0.3 is 10.6 Å². The van der Waals surface area contributed by atoms with E-state index in [9.17, 15) is 0 Å². The quantitative estimate of drug-likeness (QED) is 0.856. The Hall–Kier alpha value is -1.09. The maximum Gasteiger partial charge on any atom is 0.129 e. The molecule has 0 spiro atoms. The maximum absolute atomic E-state index is 6.01. The molecule has 3 heteroatoms. The highest BCUT2D eigenvalue weighted by molar-refractivity contribution is 5.43. The summed E-state index contributed by atoms with van der Waals surface area (Å²) in [4.78, 5) is 7.14. The summed E-state index contributed by atoms with van der Waals surface area (Å²) in [7, 11) is 0. The van der Waals surface area contributed by atoms with Crippen molar-refractivity contribution >= 4 is 5.82 Å². The van der Waals surface area contributed by atoms with E-state index >= 15 is 0 Å². The minimum absolute atomic E-state index is 0.0762.